The highest BCUT2D eigenvalue weighted by molar-refractivity contribution is 7.21. The Morgan fingerprint density at radius 3 is 2.12 bits per heavy atom. The van der Waals surface area contributed by atoms with Crippen LogP contribution in [0.4, 0.5) is 0 Å². The Morgan fingerprint density at radius 1 is 1.12 bits per heavy atom. The maximum atomic E-state index is 5.89. The first-order valence-electron chi connectivity index (χ1n) is 5.53. The molecule has 1 aliphatic heterocycles. The molecule has 1 fully saturated rings. The molecule has 0 aromatic carbocycles. The zero-order valence-electron chi connectivity index (χ0n) is 10.4. The van der Waals surface area contributed by atoms with Gasteiger partial charge in [0, 0.05) is 0 Å². The normalized spacial score (nSPS) is 22.7. The molecule has 0 saturated carbocycles. The summed E-state index contributed by atoms with van der Waals surface area (Å²) in [6.07, 6.45) is 0.900. The van der Waals surface area contributed by atoms with Crippen LogP contribution in [0.15, 0.2) is 0 Å². The van der Waals surface area contributed by atoms with Gasteiger partial charge in [-0.2, -0.15) is 0 Å². The van der Waals surface area contributed by atoms with Gasteiger partial charge in [-0.1, -0.05) is 6.92 Å². The lowest BCUT2D eigenvalue weighted by Crippen LogP contribution is -2.41. The topological polar surface area (TPSA) is 44.2 Å². The summed E-state index contributed by atoms with van der Waals surface area (Å²) in [7, 11) is -0.372. The number of rotatable bonds is 2. The second-order valence-corrected chi connectivity index (χ2v) is 6.07. The second-order valence-electron chi connectivity index (χ2n) is 4.98. The summed E-state index contributed by atoms with van der Waals surface area (Å²) in [6, 6.07) is 0. The standard InChI is InChI=1S/C10H17BN2O2S/c1-6-7-12-13-8(16-7)11-14-9(2,3)10(4,5)15-11/h6H2,1-5H3. The minimum Gasteiger partial charge on any atom is -0.398 e. The van der Waals surface area contributed by atoms with Crippen LogP contribution >= 0.6 is 11.3 Å². The van der Waals surface area contributed by atoms with E-state index < -0.39 is 0 Å². The molecule has 0 atom stereocenters. The van der Waals surface area contributed by atoms with Crippen LogP contribution in [0.25, 0.3) is 0 Å². The van der Waals surface area contributed by atoms with E-state index in [9.17, 15) is 0 Å². The first kappa shape index (κ1) is 12.0. The maximum Gasteiger partial charge on any atom is 0.527 e. The molecular formula is C10H17BN2O2S. The number of hydrogen-bond acceptors (Lipinski definition) is 5. The van der Waals surface area contributed by atoms with E-state index in [0.29, 0.717) is 0 Å². The third-order valence-electron chi connectivity index (χ3n) is 3.24. The molecule has 0 radical (unpaired) electrons. The van der Waals surface area contributed by atoms with Crippen molar-refractivity contribution in [1.29, 1.82) is 0 Å². The smallest absolute Gasteiger partial charge is 0.398 e. The van der Waals surface area contributed by atoms with Gasteiger partial charge in [-0.05, 0) is 34.1 Å². The third-order valence-corrected chi connectivity index (χ3v) is 4.33. The van der Waals surface area contributed by atoms with Gasteiger partial charge < -0.3 is 9.31 Å². The molecule has 2 heterocycles. The molecule has 16 heavy (non-hydrogen) atoms. The molecule has 1 saturated heterocycles. The second kappa shape index (κ2) is 3.79. The van der Waals surface area contributed by atoms with Gasteiger partial charge in [0.15, 0.2) is 0 Å². The van der Waals surface area contributed by atoms with Crippen molar-refractivity contribution in [3.05, 3.63) is 5.01 Å². The molecule has 1 aromatic rings. The zero-order chi connectivity index (χ0) is 12.0. The summed E-state index contributed by atoms with van der Waals surface area (Å²) < 4.78 is 11.8. The molecule has 0 spiro atoms. The first-order chi connectivity index (χ1) is 7.36. The number of nitrogens with zero attached hydrogens (tertiary/aromatic N) is 2. The molecule has 0 unspecified atom stereocenters. The minimum atomic E-state index is -0.372. The molecule has 4 nitrogen and oxygen atoms in total. The summed E-state index contributed by atoms with van der Waals surface area (Å²) >= 11 is 1.56. The van der Waals surface area contributed by atoms with Crippen LogP contribution in [0.2, 0.25) is 0 Å². The summed E-state index contributed by atoms with van der Waals surface area (Å²) in [5.41, 5.74) is -0.620. The Morgan fingerprint density at radius 2 is 1.69 bits per heavy atom. The number of aromatic nitrogens is 2. The molecule has 1 aromatic heterocycles. The predicted molar refractivity (Wildman–Crippen MR) is 65.0 cm³/mol. The lowest BCUT2D eigenvalue weighted by Gasteiger charge is -2.32. The Bertz CT molecular complexity index is 376. The van der Waals surface area contributed by atoms with Gasteiger partial charge in [0.2, 0.25) is 0 Å². The molecule has 0 amide bonds. The van der Waals surface area contributed by atoms with E-state index in [1.165, 1.54) is 0 Å². The third kappa shape index (κ3) is 1.89. The molecule has 0 bridgehead atoms. The van der Waals surface area contributed by atoms with E-state index in [1.54, 1.807) is 11.3 Å². The van der Waals surface area contributed by atoms with Crippen LogP contribution in [-0.4, -0.2) is 28.5 Å². The van der Waals surface area contributed by atoms with Gasteiger partial charge >= 0.3 is 7.12 Å². The minimum absolute atomic E-state index is 0.310. The van der Waals surface area contributed by atoms with Crippen LogP contribution in [0.5, 0.6) is 0 Å². The van der Waals surface area contributed by atoms with Gasteiger partial charge in [-0.15, -0.1) is 21.5 Å². The Balaban J connectivity index is 2.20. The summed E-state index contributed by atoms with van der Waals surface area (Å²) in [6.45, 7) is 10.2. The SMILES string of the molecule is CCc1nnc(B2OC(C)(C)C(C)(C)O2)s1. The van der Waals surface area contributed by atoms with Gasteiger partial charge in [-0.25, -0.2) is 0 Å². The molecule has 0 aliphatic carbocycles. The van der Waals surface area contributed by atoms with E-state index in [1.807, 2.05) is 27.7 Å². The summed E-state index contributed by atoms with van der Waals surface area (Å²) in [5.74, 6) is 0. The first-order valence-corrected chi connectivity index (χ1v) is 6.35. The lowest BCUT2D eigenvalue weighted by molar-refractivity contribution is 0.00578. The van der Waals surface area contributed by atoms with Gasteiger partial charge in [0.1, 0.15) is 9.91 Å². The molecule has 88 valence electrons. The van der Waals surface area contributed by atoms with Crippen molar-refractivity contribution >= 4 is 23.4 Å². The van der Waals surface area contributed by atoms with Gasteiger partial charge in [0.25, 0.3) is 0 Å². The Hall–Kier alpha value is -0.455. The predicted octanol–water partition coefficient (Wildman–Crippen LogP) is 1.40. The van der Waals surface area contributed by atoms with E-state index in [2.05, 4.69) is 17.1 Å². The molecular weight excluding hydrogens is 223 g/mol. The van der Waals surface area contributed by atoms with E-state index in [0.717, 1.165) is 16.3 Å². The van der Waals surface area contributed by atoms with Crippen molar-refractivity contribution in [2.45, 2.75) is 52.2 Å². The van der Waals surface area contributed by atoms with Crippen molar-refractivity contribution in [2.75, 3.05) is 0 Å². The quantitative estimate of drug-likeness (QED) is 0.733. The zero-order valence-corrected chi connectivity index (χ0v) is 11.2. The number of aryl methyl sites for hydroxylation is 1. The van der Waals surface area contributed by atoms with Crippen molar-refractivity contribution in [1.82, 2.24) is 10.2 Å². The fourth-order valence-electron chi connectivity index (χ4n) is 1.45. The van der Waals surface area contributed by atoms with Crippen molar-refractivity contribution in [3.63, 3.8) is 0 Å². The van der Waals surface area contributed by atoms with Gasteiger partial charge in [0.05, 0.1) is 11.2 Å². The van der Waals surface area contributed by atoms with Gasteiger partial charge in [-0.3, -0.25) is 0 Å². The molecule has 0 N–H and O–H groups in total. The van der Waals surface area contributed by atoms with E-state index in [4.69, 9.17) is 9.31 Å². The maximum absolute atomic E-state index is 5.89. The highest BCUT2D eigenvalue weighted by atomic mass is 32.1. The van der Waals surface area contributed by atoms with Crippen LogP contribution in [0, 0.1) is 0 Å². The monoisotopic (exact) mass is 240 g/mol. The Kier molecular flexibility index (Phi) is 2.84. The van der Waals surface area contributed by atoms with Crippen LogP contribution in [-0.2, 0) is 15.7 Å². The van der Waals surface area contributed by atoms with E-state index in [-0.39, 0.29) is 18.3 Å². The fraction of sp³-hybridized carbons (Fsp3) is 0.800. The number of hydrogen-bond donors (Lipinski definition) is 0. The highest BCUT2D eigenvalue weighted by Crippen LogP contribution is 2.36. The highest BCUT2D eigenvalue weighted by Gasteiger charge is 2.53. The van der Waals surface area contributed by atoms with E-state index >= 15 is 0 Å². The Labute approximate surface area is 101 Å². The lowest BCUT2D eigenvalue weighted by atomic mass is 9.90. The fourth-order valence-corrected chi connectivity index (χ4v) is 2.19. The van der Waals surface area contributed by atoms with Crippen molar-refractivity contribution < 1.29 is 9.31 Å². The molecule has 2 rings (SSSR count). The average molecular weight is 240 g/mol. The summed E-state index contributed by atoms with van der Waals surface area (Å²) in [5, 5.41) is 9.22. The van der Waals surface area contributed by atoms with Crippen molar-refractivity contribution in [3.8, 4) is 0 Å². The van der Waals surface area contributed by atoms with Crippen LogP contribution in [0.1, 0.15) is 39.6 Å². The molecule has 6 heteroatoms. The van der Waals surface area contributed by atoms with Crippen LogP contribution in [0.3, 0.4) is 0 Å². The largest absolute Gasteiger partial charge is 0.527 e. The van der Waals surface area contributed by atoms with Crippen molar-refractivity contribution in [2.24, 2.45) is 0 Å². The average Bonchev–Trinajstić information content (AvgIpc) is 2.70. The van der Waals surface area contributed by atoms with Crippen LogP contribution < -0.4 is 4.91 Å². The summed E-state index contributed by atoms with van der Waals surface area (Å²) in [4.78, 5) is 0.815. The molecule has 1 aliphatic rings.